The van der Waals surface area contributed by atoms with Crippen molar-refractivity contribution in [3.05, 3.63) is 27.4 Å². The zero-order chi connectivity index (χ0) is 11.6. The lowest BCUT2D eigenvalue weighted by Gasteiger charge is -2.09. The summed E-state index contributed by atoms with van der Waals surface area (Å²) in [4.78, 5) is 13.0. The molecular weight excluding hydrogens is 210 g/mol. The standard InChI is InChI=1S/C7H8F2N4O2/c8-6(9)5-3(1-10)4(13(14)15)2-12-7(5)11/h2,6H,1,10H2,(H2,11,12). The normalized spacial score (nSPS) is 10.7. The van der Waals surface area contributed by atoms with Crippen LogP contribution in [-0.4, -0.2) is 9.91 Å². The molecule has 0 saturated heterocycles. The minimum absolute atomic E-state index is 0.275. The number of nitrogens with zero attached hydrogens (tertiary/aromatic N) is 2. The zero-order valence-electron chi connectivity index (χ0n) is 7.48. The third kappa shape index (κ3) is 1.99. The highest BCUT2D eigenvalue weighted by atomic mass is 19.3. The molecular formula is C7H8F2N4O2. The van der Waals surface area contributed by atoms with Gasteiger partial charge in [-0.15, -0.1) is 0 Å². The predicted molar refractivity (Wildman–Crippen MR) is 48.2 cm³/mol. The number of aromatic nitrogens is 1. The van der Waals surface area contributed by atoms with Gasteiger partial charge in [0.15, 0.2) is 0 Å². The molecule has 0 aliphatic rings. The van der Waals surface area contributed by atoms with Crippen LogP contribution >= 0.6 is 0 Å². The molecule has 82 valence electrons. The fourth-order valence-electron chi connectivity index (χ4n) is 1.19. The van der Waals surface area contributed by atoms with Gasteiger partial charge in [0.2, 0.25) is 0 Å². The van der Waals surface area contributed by atoms with Crippen LogP contribution in [0, 0.1) is 10.1 Å². The maximum atomic E-state index is 12.5. The van der Waals surface area contributed by atoms with E-state index in [1.54, 1.807) is 0 Å². The summed E-state index contributed by atoms with van der Waals surface area (Å²) in [5.74, 6) is -0.434. The van der Waals surface area contributed by atoms with E-state index >= 15 is 0 Å². The van der Waals surface area contributed by atoms with Crippen molar-refractivity contribution in [2.45, 2.75) is 13.0 Å². The number of nitro groups is 1. The lowest BCUT2D eigenvalue weighted by atomic mass is 10.1. The minimum atomic E-state index is -2.93. The topological polar surface area (TPSA) is 108 Å². The molecule has 0 spiro atoms. The van der Waals surface area contributed by atoms with Crippen LogP contribution < -0.4 is 11.5 Å². The van der Waals surface area contributed by atoms with Crippen molar-refractivity contribution in [2.75, 3.05) is 5.73 Å². The summed E-state index contributed by atoms with van der Waals surface area (Å²) in [5, 5.41) is 10.5. The molecule has 0 saturated carbocycles. The van der Waals surface area contributed by atoms with Crippen molar-refractivity contribution in [1.82, 2.24) is 4.98 Å². The monoisotopic (exact) mass is 218 g/mol. The molecule has 0 atom stereocenters. The molecule has 1 heterocycles. The van der Waals surface area contributed by atoms with Gasteiger partial charge in [0.1, 0.15) is 12.0 Å². The van der Waals surface area contributed by atoms with E-state index in [-0.39, 0.29) is 12.1 Å². The van der Waals surface area contributed by atoms with Gasteiger partial charge >= 0.3 is 0 Å². The molecule has 1 aromatic rings. The molecule has 0 aromatic carbocycles. The second kappa shape index (κ2) is 4.13. The number of hydrogen-bond acceptors (Lipinski definition) is 5. The molecule has 0 aliphatic heterocycles. The number of halogens is 2. The Kier molecular flexibility index (Phi) is 3.10. The van der Waals surface area contributed by atoms with Crippen LogP contribution in [0.25, 0.3) is 0 Å². The first-order valence-corrected chi connectivity index (χ1v) is 3.88. The van der Waals surface area contributed by atoms with E-state index in [9.17, 15) is 18.9 Å². The number of pyridine rings is 1. The average Bonchev–Trinajstić information content (AvgIpc) is 2.15. The highest BCUT2D eigenvalue weighted by Crippen LogP contribution is 2.32. The number of hydrogen-bond donors (Lipinski definition) is 2. The summed E-state index contributed by atoms with van der Waals surface area (Å²) in [6.07, 6.45) is -2.11. The number of rotatable bonds is 3. The number of anilines is 1. The summed E-state index contributed by atoms with van der Waals surface area (Å²) in [6, 6.07) is 0. The van der Waals surface area contributed by atoms with Crippen LogP contribution in [0.3, 0.4) is 0 Å². The Morgan fingerprint density at radius 3 is 2.60 bits per heavy atom. The van der Waals surface area contributed by atoms with Gasteiger partial charge in [0, 0.05) is 6.54 Å². The highest BCUT2D eigenvalue weighted by molar-refractivity contribution is 5.54. The molecule has 0 unspecified atom stereocenters. The van der Waals surface area contributed by atoms with Crippen molar-refractivity contribution >= 4 is 11.5 Å². The van der Waals surface area contributed by atoms with Crippen LogP contribution in [0.4, 0.5) is 20.3 Å². The summed E-state index contributed by atoms with van der Waals surface area (Å²) in [5.41, 5.74) is 8.90. The van der Waals surface area contributed by atoms with Crippen molar-refractivity contribution in [1.29, 1.82) is 0 Å². The first kappa shape index (κ1) is 11.2. The van der Waals surface area contributed by atoms with Gasteiger partial charge in [-0.1, -0.05) is 0 Å². The Labute approximate surface area is 83.0 Å². The van der Waals surface area contributed by atoms with Gasteiger partial charge in [0.25, 0.3) is 12.1 Å². The smallest absolute Gasteiger partial charge is 0.292 e. The molecule has 8 heteroatoms. The third-order valence-corrected chi connectivity index (χ3v) is 1.86. The summed E-state index contributed by atoms with van der Waals surface area (Å²) in [6.45, 7) is -0.386. The highest BCUT2D eigenvalue weighted by Gasteiger charge is 2.25. The van der Waals surface area contributed by atoms with E-state index < -0.39 is 28.4 Å². The molecule has 1 rings (SSSR count). The van der Waals surface area contributed by atoms with E-state index in [1.807, 2.05) is 0 Å². The zero-order valence-corrected chi connectivity index (χ0v) is 7.48. The number of alkyl halides is 2. The Bertz CT molecular complexity index is 397. The van der Waals surface area contributed by atoms with E-state index in [1.165, 1.54) is 0 Å². The van der Waals surface area contributed by atoms with E-state index in [0.29, 0.717) is 0 Å². The van der Waals surface area contributed by atoms with Crippen LogP contribution in [0.5, 0.6) is 0 Å². The van der Waals surface area contributed by atoms with E-state index in [4.69, 9.17) is 11.5 Å². The molecule has 0 aliphatic carbocycles. The van der Waals surface area contributed by atoms with E-state index in [2.05, 4.69) is 4.98 Å². The predicted octanol–water partition coefficient (Wildman–Crippen LogP) is 0.968. The first-order valence-electron chi connectivity index (χ1n) is 3.88. The van der Waals surface area contributed by atoms with Crippen molar-refractivity contribution in [2.24, 2.45) is 5.73 Å². The van der Waals surface area contributed by atoms with Gasteiger partial charge < -0.3 is 11.5 Å². The second-order valence-corrected chi connectivity index (χ2v) is 2.68. The molecule has 6 nitrogen and oxygen atoms in total. The molecule has 0 radical (unpaired) electrons. The van der Waals surface area contributed by atoms with Crippen LogP contribution in [-0.2, 0) is 6.54 Å². The van der Waals surface area contributed by atoms with Crippen molar-refractivity contribution in [3.63, 3.8) is 0 Å². The van der Waals surface area contributed by atoms with Crippen molar-refractivity contribution < 1.29 is 13.7 Å². The van der Waals surface area contributed by atoms with Gasteiger partial charge in [-0.2, -0.15) is 0 Å². The van der Waals surface area contributed by atoms with Gasteiger partial charge in [-0.25, -0.2) is 13.8 Å². The maximum Gasteiger partial charge on any atom is 0.292 e. The van der Waals surface area contributed by atoms with Crippen LogP contribution in [0.1, 0.15) is 17.6 Å². The Hall–Kier alpha value is -1.83. The summed E-state index contributed by atoms with van der Waals surface area (Å²) < 4.78 is 25.0. The molecule has 0 bridgehead atoms. The molecule has 15 heavy (non-hydrogen) atoms. The van der Waals surface area contributed by atoms with E-state index in [0.717, 1.165) is 6.20 Å². The largest absolute Gasteiger partial charge is 0.383 e. The third-order valence-electron chi connectivity index (χ3n) is 1.86. The fourth-order valence-corrected chi connectivity index (χ4v) is 1.19. The fraction of sp³-hybridized carbons (Fsp3) is 0.286. The average molecular weight is 218 g/mol. The number of nitrogens with two attached hydrogens (primary N) is 2. The SMILES string of the molecule is NCc1c([N+](=O)[O-])cnc(N)c1C(F)F. The lowest BCUT2D eigenvalue weighted by Crippen LogP contribution is -2.10. The summed E-state index contributed by atoms with van der Waals surface area (Å²) in [7, 11) is 0. The minimum Gasteiger partial charge on any atom is -0.383 e. The first-order chi connectivity index (χ1) is 6.99. The summed E-state index contributed by atoms with van der Waals surface area (Å²) >= 11 is 0. The Morgan fingerprint density at radius 1 is 1.60 bits per heavy atom. The molecule has 4 N–H and O–H groups in total. The van der Waals surface area contributed by atoms with Crippen LogP contribution in [0.15, 0.2) is 6.20 Å². The van der Waals surface area contributed by atoms with Crippen molar-refractivity contribution in [3.8, 4) is 0 Å². The van der Waals surface area contributed by atoms with Gasteiger partial charge in [-0.05, 0) is 0 Å². The molecule has 1 aromatic heterocycles. The Balaban J connectivity index is 3.47. The van der Waals surface area contributed by atoms with Crippen LogP contribution in [0.2, 0.25) is 0 Å². The lowest BCUT2D eigenvalue weighted by molar-refractivity contribution is -0.386. The quantitative estimate of drug-likeness (QED) is 0.580. The van der Waals surface area contributed by atoms with Gasteiger partial charge in [0.05, 0.1) is 16.1 Å². The number of nitrogen functional groups attached to an aromatic ring is 1. The molecule has 0 fully saturated rings. The second-order valence-electron chi connectivity index (χ2n) is 2.68. The molecule has 0 amide bonds. The Morgan fingerprint density at radius 2 is 2.20 bits per heavy atom. The maximum absolute atomic E-state index is 12.5. The van der Waals surface area contributed by atoms with Gasteiger partial charge in [-0.3, -0.25) is 10.1 Å².